The fraction of sp³-hybridized carbons (Fsp3) is 0.556. The van der Waals surface area contributed by atoms with Crippen molar-refractivity contribution < 1.29 is 4.79 Å². The van der Waals surface area contributed by atoms with Crippen molar-refractivity contribution in [1.29, 1.82) is 0 Å². The number of thiazole rings is 1. The van der Waals surface area contributed by atoms with E-state index < -0.39 is 0 Å². The monoisotopic (exact) mass is 232 g/mol. The normalized spacial score (nSPS) is 14.8. The van der Waals surface area contributed by atoms with E-state index in [1.165, 1.54) is 11.3 Å². The van der Waals surface area contributed by atoms with E-state index in [9.17, 15) is 4.79 Å². The topological polar surface area (TPSA) is 42.0 Å². The second-order valence-corrected chi connectivity index (χ2v) is 4.45. The molecule has 0 aromatic carbocycles. The molecule has 0 aliphatic carbocycles. The number of carbonyl (C=O) groups is 1. The van der Waals surface area contributed by atoms with Crippen LogP contribution in [0.3, 0.4) is 0 Å². The molecule has 0 saturated heterocycles. The van der Waals surface area contributed by atoms with Gasteiger partial charge in [-0.2, -0.15) is 0 Å². The van der Waals surface area contributed by atoms with Gasteiger partial charge in [0.1, 0.15) is 4.88 Å². The van der Waals surface area contributed by atoms with E-state index in [1.807, 2.05) is 13.8 Å². The molecule has 0 fully saturated rings. The van der Waals surface area contributed by atoms with E-state index >= 15 is 0 Å². The van der Waals surface area contributed by atoms with Gasteiger partial charge >= 0.3 is 0 Å². The molecule has 78 valence electrons. The van der Waals surface area contributed by atoms with Crippen molar-refractivity contribution in [3.8, 4) is 0 Å². The lowest BCUT2D eigenvalue weighted by molar-refractivity contribution is 0.0935. The van der Waals surface area contributed by atoms with Gasteiger partial charge < -0.3 is 5.32 Å². The minimum Gasteiger partial charge on any atom is -0.349 e. The van der Waals surface area contributed by atoms with Crippen molar-refractivity contribution in [3.63, 3.8) is 0 Å². The van der Waals surface area contributed by atoms with Crippen LogP contribution < -0.4 is 5.32 Å². The van der Waals surface area contributed by atoms with Gasteiger partial charge in [0.05, 0.1) is 11.7 Å². The second kappa shape index (κ2) is 5.32. The minimum atomic E-state index is -0.0723. The third kappa shape index (κ3) is 2.96. The lowest BCUT2D eigenvalue weighted by atomic mass is 10.1. The zero-order chi connectivity index (χ0) is 10.6. The van der Waals surface area contributed by atoms with E-state index in [-0.39, 0.29) is 17.9 Å². The van der Waals surface area contributed by atoms with Gasteiger partial charge in [-0.25, -0.2) is 0 Å². The van der Waals surface area contributed by atoms with E-state index in [0.29, 0.717) is 10.8 Å². The van der Waals surface area contributed by atoms with Crippen molar-refractivity contribution >= 4 is 28.8 Å². The summed E-state index contributed by atoms with van der Waals surface area (Å²) in [5.74, 6) is 0.745. The zero-order valence-electron chi connectivity index (χ0n) is 8.16. The Hall–Kier alpha value is -0.610. The molecule has 0 bridgehead atoms. The van der Waals surface area contributed by atoms with Gasteiger partial charge in [0, 0.05) is 11.9 Å². The summed E-state index contributed by atoms with van der Waals surface area (Å²) in [4.78, 5) is 16.0. The number of rotatable bonds is 4. The number of hydrogen-bond donors (Lipinski definition) is 1. The maximum atomic E-state index is 11.6. The highest BCUT2D eigenvalue weighted by Crippen LogP contribution is 2.08. The number of alkyl halides is 1. The Labute approximate surface area is 92.5 Å². The Balaban J connectivity index is 2.49. The number of nitrogens with zero attached hydrogens (tertiary/aromatic N) is 1. The average molecular weight is 233 g/mol. The first kappa shape index (κ1) is 11.5. The first-order valence-corrected chi connectivity index (χ1v) is 5.82. The third-order valence-electron chi connectivity index (χ3n) is 2.11. The summed E-state index contributed by atoms with van der Waals surface area (Å²) < 4.78 is 0. The number of nitrogens with one attached hydrogen (secondary N) is 1. The molecule has 5 heteroatoms. The molecule has 0 aliphatic rings. The smallest absolute Gasteiger partial charge is 0.263 e. The van der Waals surface area contributed by atoms with Crippen molar-refractivity contribution in [3.05, 3.63) is 16.6 Å². The molecule has 2 atom stereocenters. The van der Waals surface area contributed by atoms with Gasteiger partial charge in [-0.3, -0.25) is 9.78 Å². The quantitative estimate of drug-likeness (QED) is 0.809. The predicted octanol–water partition coefficient (Wildman–Crippen LogP) is 2.14. The summed E-state index contributed by atoms with van der Waals surface area (Å²) >= 11 is 7.03. The average Bonchev–Trinajstić information content (AvgIpc) is 2.69. The molecule has 0 saturated carbocycles. The van der Waals surface area contributed by atoms with Gasteiger partial charge in [0.2, 0.25) is 0 Å². The zero-order valence-corrected chi connectivity index (χ0v) is 9.73. The van der Waals surface area contributed by atoms with Gasteiger partial charge in [-0.1, -0.05) is 6.92 Å². The summed E-state index contributed by atoms with van der Waals surface area (Å²) in [7, 11) is 0. The second-order valence-electron chi connectivity index (χ2n) is 3.26. The molecule has 1 amide bonds. The largest absolute Gasteiger partial charge is 0.349 e. The molecule has 0 radical (unpaired) electrons. The van der Waals surface area contributed by atoms with Crippen molar-refractivity contribution in [2.24, 2.45) is 5.92 Å². The highest BCUT2D eigenvalue weighted by molar-refractivity contribution is 7.11. The van der Waals surface area contributed by atoms with Crippen LogP contribution in [-0.4, -0.2) is 22.8 Å². The number of halogens is 1. The molecule has 1 rings (SSSR count). The van der Waals surface area contributed by atoms with Gasteiger partial charge in [-0.05, 0) is 12.8 Å². The molecule has 0 spiro atoms. The Morgan fingerprint density at radius 2 is 2.43 bits per heavy atom. The maximum Gasteiger partial charge on any atom is 0.263 e. The maximum absolute atomic E-state index is 11.6. The standard InChI is InChI=1S/C9H13ClN2OS/c1-6(3-10)7(2)12-9(13)8-4-11-5-14-8/h4-7H,3H2,1-2H3,(H,12,13). The predicted molar refractivity (Wildman–Crippen MR) is 58.9 cm³/mol. The molecule has 14 heavy (non-hydrogen) atoms. The number of aromatic nitrogens is 1. The number of hydrogen-bond acceptors (Lipinski definition) is 3. The van der Waals surface area contributed by atoms with E-state index in [4.69, 9.17) is 11.6 Å². The number of carbonyl (C=O) groups excluding carboxylic acids is 1. The van der Waals surface area contributed by atoms with Crippen molar-refractivity contribution in [2.45, 2.75) is 19.9 Å². The molecule has 0 aliphatic heterocycles. The van der Waals surface area contributed by atoms with Gasteiger partial charge in [0.15, 0.2) is 0 Å². The molecule has 1 N–H and O–H groups in total. The molecule has 1 heterocycles. The highest BCUT2D eigenvalue weighted by atomic mass is 35.5. The lowest BCUT2D eigenvalue weighted by Gasteiger charge is -2.18. The Kier molecular flexibility index (Phi) is 4.35. The van der Waals surface area contributed by atoms with E-state index in [2.05, 4.69) is 10.3 Å². The van der Waals surface area contributed by atoms with E-state index in [0.717, 1.165) is 0 Å². The van der Waals surface area contributed by atoms with Crippen LogP contribution in [0.2, 0.25) is 0 Å². The summed E-state index contributed by atoms with van der Waals surface area (Å²) in [6.45, 7) is 3.95. The lowest BCUT2D eigenvalue weighted by Crippen LogP contribution is -2.37. The molecular weight excluding hydrogens is 220 g/mol. The molecular formula is C9H13ClN2OS. The molecule has 2 unspecified atom stereocenters. The van der Waals surface area contributed by atoms with Crippen LogP contribution in [-0.2, 0) is 0 Å². The summed E-state index contributed by atoms with van der Waals surface area (Å²) in [6.07, 6.45) is 1.57. The Morgan fingerprint density at radius 1 is 1.71 bits per heavy atom. The molecule has 1 aromatic rings. The third-order valence-corrected chi connectivity index (χ3v) is 3.37. The summed E-state index contributed by atoms with van der Waals surface area (Å²) in [6, 6.07) is 0.0853. The van der Waals surface area contributed by atoms with Crippen LogP contribution >= 0.6 is 22.9 Å². The number of amides is 1. The minimum absolute atomic E-state index is 0.0723. The van der Waals surface area contributed by atoms with Gasteiger partial charge in [-0.15, -0.1) is 22.9 Å². The van der Waals surface area contributed by atoms with Crippen LogP contribution in [0.4, 0.5) is 0 Å². The summed E-state index contributed by atoms with van der Waals surface area (Å²) in [5, 5.41) is 2.88. The van der Waals surface area contributed by atoms with Crippen molar-refractivity contribution in [1.82, 2.24) is 10.3 Å². The summed E-state index contributed by atoms with van der Waals surface area (Å²) in [5.41, 5.74) is 1.64. The fourth-order valence-corrected chi connectivity index (χ4v) is 1.67. The SMILES string of the molecule is CC(CCl)C(C)NC(=O)c1cncs1. The Morgan fingerprint density at radius 3 is 2.93 bits per heavy atom. The van der Waals surface area contributed by atoms with Crippen LogP contribution in [0.5, 0.6) is 0 Å². The van der Waals surface area contributed by atoms with Crippen LogP contribution in [0.1, 0.15) is 23.5 Å². The first-order chi connectivity index (χ1) is 6.65. The fourth-order valence-electron chi connectivity index (χ4n) is 0.882. The molecule has 1 aromatic heterocycles. The van der Waals surface area contributed by atoms with Crippen molar-refractivity contribution in [2.75, 3.05) is 5.88 Å². The molecule has 3 nitrogen and oxygen atoms in total. The van der Waals surface area contributed by atoms with Gasteiger partial charge in [0.25, 0.3) is 5.91 Å². The van der Waals surface area contributed by atoms with Crippen LogP contribution in [0, 0.1) is 5.92 Å². The van der Waals surface area contributed by atoms with Crippen LogP contribution in [0.25, 0.3) is 0 Å². The van der Waals surface area contributed by atoms with E-state index in [1.54, 1.807) is 11.7 Å². The van der Waals surface area contributed by atoms with Crippen LogP contribution in [0.15, 0.2) is 11.7 Å². The first-order valence-electron chi connectivity index (χ1n) is 4.40. The Bertz CT molecular complexity index is 289. The highest BCUT2D eigenvalue weighted by Gasteiger charge is 2.15.